The molecular formula is C18H23FN2O. The Bertz CT molecular complexity index is 656. The lowest BCUT2D eigenvalue weighted by Crippen LogP contribution is -2.37. The van der Waals surface area contributed by atoms with Gasteiger partial charge in [0.05, 0.1) is 0 Å². The monoisotopic (exact) mass is 302 g/mol. The number of piperidine rings is 1. The number of aromatic amines is 1. The van der Waals surface area contributed by atoms with E-state index < -0.39 is 0 Å². The number of carbonyl (C=O) groups excluding carboxylic acids is 1. The number of likely N-dealkylation sites (tertiary alicyclic amines) is 1. The molecule has 0 spiro atoms. The SMILES string of the molecule is CCCCC(=O)N1CCC(c2c[nH]c3ccc(F)cc23)CC1. The summed E-state index contributed by atoms with van der Waals surface area (Å²) in [6.45, 7) is 3.74. The van der Waals surface area contributed by atoms with E-state index in [9.17, 15) is 9.18 Å². The first-order chi connectivity index (χ1) is 10.7. The first kappa shape index (κ1) is 15.1. The third-order valence-electron chi connectivity index (χ3n) is 4.71. The fraction of sp³-hybridized carbons (Fsp3) is 0.500. The van der Waals surface area contributed by atoms with Crippen molar-refractivity contribution in [1.82, 2.24) is 9.88 Å². The summed E-state index contributed by atoms with van der Waals surface area (Å²) < 4.78 is 13.5. The normalized spacial score (nSPS) is 16.4. The van der Waals surface area contributed by atoms with Crippen LogP contribution in [0.5, 0.6) is 0 Å². The van der Waals surface area contributed by atoms with Gasteiger partial charge in [-0.2, -0.15) is 0 Å². The number of rotatable bonds is 4. The number of amides is 1. The molecule has 3 rings (SSSR count). The van der Waals surface area contributed by atoms with Crippen LogP contribution in [0.25, 0.3) is 10.9 Å². The average molecular weight is 302 g/mol. The van der Waals surface area contributed by atoms with E-state index in [1.165, 1.54) is 11.6 Å². The van der Waals surface area contributed by atoms with Crippen LogP contribution in [0, 0.1) is 5.82 Å². The molecule has 1 fully saturated rings. The highest BCUT2D eigenvalue weighted by molar-refractivity contribution is 5.84. The number of fused-ring (bicyclic) bond motifs is 1. The summed E-state index contributed by atoms with van der Waals surface area (Å²) >= 11 is 0. The van der Waals surface area contributed by atoms with Gasteiger partial charge in [0.25, 0.3) is 0 Å². The minimum atomic E-state index is -0.194. The molecular weight excluding hydrogens is 279 g/mol. The standard InChI is InChI=1S/C18H23FN2O/c1-2-3-4-18(22)21-9-7-13(8-10-21)16-12-20-17-6-5-14(19)11-15(16)17/h5-6,11-13,20H,2-4,7-10H2,1H3. The molecule has 1 amide bonds. The summed E-state index contributed by atoms with van der Waals surface area (Å²) in [5, 5.41) is 0.982. The Hall–Kier alpha value is -1.84. The van der Waals surface area contributed by atoms with Gasteiger partial charge in [-0.25, -0.2) is 4.39 Å². The van der Waals surface area contributed by atoms with Gasteiger partial charge < -0.3 is 9.88 Å². The summed E-state index contributed by atoms with van der Waals surface area (Å²) in [4.78, 5) is 17.3. The third kappa shape index (κ3) is 3.01. The molecule has 0 radical (unpaired) electrons. The van der Waals surface area contributed by atoms with E-state index in [0.29, 0.717) is 12.3 Å². The summed E-state index contributed by atoms with van der Waals surface area (Å²) in [5.41, 5.74) is 2.17. The van der Waals surface area contributed by atoms with Crippen molar-refractivity contribution >= 4 is 16.8 Å². The van der Waals surface area contributed by atoms with Gasteiger partial charge in [0.1, 0.15) is 5.82 Å². The maximum atomic E-state index is 13.5. The largest absolute Gasteiger partial charge is 0.361 e. The number of nitrogens with one attached hydrogen (secondary N) is 1. The van der Waals surface area contributed by atoms with Gasteiger partial charge in [-0.05, 0) is 48.9 Å². The Morgan fingerprint density at radius 1 is 1.36 bits per heavy atom. The lowest BCUT2D eigenvalue weighted by atomic mass is 9.89. The molecule has 1 saturated heterocycles. The first-order valence-electron chi connectivity index (χ1n) is 8.23. The lowest BCUT2D eigenvalue weighted by molar-refractivity contribution is -0.132. The second kappa shape index (κ2) is 6.51. The predicted molar refractivity (Wildman–Crippen MR) is 86.3 cm³/mol. The van der Waals surface area contributed by atoms with E-state index in [0.717, 1.165) is 49.7 Å². The van der Waals surface area contributed by atoms with Crippen molar-refractivity contribution in [3.05, 3.63) is 35.8 Å². The van der Waals surface area contributed by atoms with E-state index in [1.54, 1.807) is 12.1 Å². The average Bonchev–Trinajstić information content (AvgIpc) is 2.95. The van der Waals surface area contributed by atoms with Crippen LogP contribution in [0.1, 0.15) is 50.5 Å². The lowest BCUT2D eigenvalue weighted by Gasteiger charge is -2.32. The van der Waals surface area contributed by atoms with Crippen molar-refractivity contribution in [2.75, 3.05) is 13.1 Å². The molecule has 1 aromatic carbocycles. The molecule has 0 aliphatic carbocycles. The van der Waals surface area contributed by atoms with Crippen LogP contribution >= 0.6 is 0 Å². The minimum Gasteiger partial charge on any atom is -0.361 e. The van der Waals surface area contributed by atoms with Crippen LogP contribution in [-0.2, 0) is 4.79 Å². The van der Waals surface area contributed by atoms with Crippen LogP contribution in [0.4, 0.5) is 4.39 Å². The van der Waals surface area contributed by atoms with E-state index in [-0.39, 0.29) is 11.7 Å². The second-order valence-electron chi connectivity index (χ2n) is 6.19. The number of unbranched alkanes of at least 4 members (excludes halogenated alkanes) is 1. The maximum Gasteiger partial charge on any atom is 0.222 e. The smallest absolute Gasteiger partial charge is 0.222 e. The summed E-state index contributed by atoms with van der Waals surface area (Å²) in [6, 6.07) is 4.88. The van der Waals surface area contributed by atoms with E-state index >= 15 is 0 Å². The van der Waals surface area contributed by atoms with Crippen LogP contribution in [0.15, 0.2) is 24.4 Å². The van der Waals surface area contributed by atoms with E-state index in [1.807, 2.05) is 11.1 Å². The predicted octanol–water partition coefficient (Wildman–Crippen LogP) is 4.20. The number of benzene rings is 1. The van der Waals surface area contributed by atoms with Gasteiger partial charge in [0.2, 0.25) is 5.91 Å². The molecule has 118 valence electrons. The topological polar surface area (TPSA) is 36.1 Å². The van der Waals surface area contributed by atoms with Crippen molar-refractivity contribution in [3.8, 4) is 0 Å². The van der Waals surface area contributed by atoms with Crippen LogP contribution < -0.4 is 0 Å². The maximum absolute atomic E-state index is 13.5. The number of hydrogen-bond acceptors (Lipinski definition) is 1. The number of nitrogens with zero attached hydrogens (tertiary/aromatic N) is 1. The molecule has 1 aliphatic heterocycles. The van der Waals surface area contributed by atoms with Crippen molar-refractivity contribution in [2.24, 2.45) is 0 Å². The number of aromatic nitrogens is 1. The second-order valence-corrected chi connectivity index (χ2v) is 6.19. The molecule has 4 heteroatoms. The summed E-state index contributed by atoms with van der Waals surface area (Å²) in [5.74, 6) is 0.497. The Labute approximate surface area is 130 Å². The van der Waals surface area contributed by atoms with Crippen LogP contribution in [0.2, 0.25) is 0 Å². The highest BCUT2D eigenvalue weighted by Gasteiger charge is 2.25. The van der Waals surface area contributed by atoms with Crippen LogP contribution in [-0.4, -0.2) is 28.9 Å². The highest BCUT2D eigenvalue weighted by Crippen LogP contribution is 2.33. The zero-order valence-corrected chi connectivity index (χ0v) is 13.1. The molecule has 22 heavy (non-hydrogen) atoms. The molecule has 2 aromatic rings. The van der Waals surface area contributed by atoms with Gasteiger partial charge in [0.15, 0.2) is 0 Å². The van der Waals surface area contributed by atoms with Crippen molar-refractivity contribution in [1.29, 1.82) is 0 Å². The Kier molecular flexibility index (Phi) is 4.46. The van der Waals surface area contributed by atoms with Gasteiger partial charge in [-0.3, -0.25) is 4.79 Å². The van der Waals surface area contributed by atoms with Crippen LogP contribution in [0.3, 0.4) is 0 Å². The van der Waals surface area contributed by atoms with Gasteiger partial charge in [0, 0.05) is 36.6 Å². The Morgan fingerprint density at radius 2 is 2.14 bits per heavy atom. The zero-order valence-electron chi connectivity index (χ0n) is 13.1. The van der Waals surface area contributed by atoms with E-state index in [4.69, 9.17) is 0 Å². The number of halogens is 1. The van der Waals surface area contributed by atoms with Gasteiger partial charge in [-0.1, -0.05) is 13.3 Å². The van der Waals surface area contributed by atoms with Gasteiger partial charge in [-0.15, -0.1) is 0 Å². The molecule has 3 nitrogen and oxygen atoms in total. The third-order valence-corrected chi connectivity index (χ3v) is 4.71. The quantitative estimate of drug-likeness (QED) is 0.902. The molecule has 0 saturated carbocycles. The van der Waals surface area contributed by atoms with Crippen molar-refractivity contribution in [3.63, 3.8) is 0 Å². The zero-order chi connectivity index (χ0) is 15.5. The molecule has 1 aromatic heterocycles. The number of H-pyrrole nitrogens is 1. The van der Waals surface area contributed by atoms with Crippen molar-refractivity contribution in [2.45, 2.75) is 44.9 Å². The number of carbonyl (C=O) groups is 1. The first-order valence-corrected chi connectivity index (χ1v) is 8.23. The molecule has 1 aliphatic rings. The minimum absolute atomic E-state index is 0.194. The van der Waals surface area contributed by atoms with E-state index in [2.05, 4.69) is 11.9 Å². The molecule has 0 bridgehead atoms. The summed E-state index contributed by atoms with van der Waals surface area (Å²) in [6.07, 6.45) is 6.62. The fourth-order valence-electron chi connectivity index (χ4n) is 3.38. The molecule has 2 heterocycles. The molecule has 1 N–H and O–H groups in total. The van der Waals surface area contributed by atoms with Gasteiger partial charge >= 0.3 is 0 Å². The Balaban J connectivity index is 1.68. The number of hydrogen-bond donors (Lipinski definition) is 1. The molecule has 0 unspecified atom stereocenters. The van der Waals surface area contributed by atoms with Crippen molar-refractivity contribution < 1.29 is 9.18 Å². The fourth-order valence-corrected chi connectivity index (χ4v) is 3.38. The summed E-state index contributed by atoms with van der Waals surface area (Å²) in [7, 11) is 0. The molecule has 0 atom stereocenters. The highest BCUT2D eigenvalue weighted by atomic mass is 19.1. The Morgan fingerprint density at radius 3 is 2.86 bits per heavy atom.